The minimum atomic E-state index is 0. The Kier molecular flexibility index (Phi) is 7.00. The molecule has 154 valence electrons. The van der Waals surface area contributed by atoms with Crippen LogP contribution in [0.1, 0.15) is 25.8 Å². The zero-order chi connectivity index (χ0) is 20.5. The summed E-state index contributed by atoms with van der Waals surface area (Å²) < 4.78 is 0. The predicted octanol–water partition coefficient (Wildman–Crippen LogP) is 2.52. The van der Waals surface area contributed by atoms with Gasteiger partial charge in [-0.25, -0.2) is 10.5 Å². The molecule has 0 fully saturated rings. The number of tetrazole rings is 1. The molecule has 0 amide bonds. The van der Waals surface area contributed by atoms with Crippen molar-refractivity contribution >= 4 is 57.2 Å². The molecule has 1 atom stereocenters. The van der Waals surface area contributed by atoms with Gasteiger partial charge in [0.05, 0.1) is 0 Å². The maximum atomic E-state index is 4.79. The molecule has 0 bridgehead atoms. The van der Waals surface area contributed by atoms with Gasteiger partial charge in [-0.15, -0.1) is 10.2 Å². The van der Waals surface area contributed by atoms with E-state index in [-0.39, 0.29) is 51.4 Å². The average Bonchev–Trinajstić information content (AvgIpc) is 3.51. The van der Waals surface area contributed by atoms with Crippen molar-refractivity contribution in [2.24, 2.45) is 5.10 Å². The van der Waals surface area contributed by atoms with Crippen molar-refractivity contribution in [3.63, 3.8) is 0 Å². The van der Waals surface area contributed by atoms with E-state index in [4.69, 9.17) is 5.10 Å². The summed E-state index contributed by atoms with van der Waals surface area (Å²) in [5, 5.41) is 21.0. The number of likely N-dealkylation sites (N-methyl/N-ethyl adjacent to an activating group) is 1. The van der Waals surface area contributed by atoms with Crippen molar-refractivity contribution in [3.8, 4) is 22.5 Å². The van der Waals surface area contributed by atoms with E-state index in [0.29, 0.717) is 11.9 Å². The third-order valence-corrected chi connectivity index (χ3v) is 5.57. The number of H-pyrrole nitrogens is 1. The van der Waals surface area contributed by atoms with Crippen LogP contribution in [0.15, 0.2) is 65.5 Å². The number of nitrogens with zero attached hydrogens (tertiary/aromatic N) is 6. The summed E-state index contributed by atoms with van der Waals surface area (Å²) >= 11 is 0. The molecule has 0 radical (unpaired) electrons. The molecule has 2 aromatic carbocycles. The standard InChI is InChI=1S/C22H24N8.K.H/c1-3-17-14-21-29(4-2)20(26-30(21)25-17)13-15-9-11-16(12-10-15)18-7-5-6-8-19(18)22-23-27-28-24-22;;/h5-12,14,17,25H,3-4,13H2,1-2H3,(H,23,24,27,28);;. The number of aromatic amines is 1. The Morgan fingerprint density at radius 1 is 1.00 bits per heavy atom. The van der Waals surface area contributed by atoms with Crippen LogP contribution in [0.5, 0.6) is 0 Å². The fourth-order valence-corrected chi connectivity index (χ4v) is 3.98. The van der Waals surface area contributed by atoms with E-state index >= 15 is 0 Å². The van der Waals surface area contributed by atoms with E-state index in [1.165, 1.54) is 5.56 Å². The van der Waals surface area contributed by atoms with Crippen LogP contribution < -0.4 is 5.43 Å². The predicted molar refractivity (Wildman–Crippen MR) is 123 cm³/mol. The number of fused-ring (bicyclic) bond motifs is 1. The topological polar surface area (TPSA) is 85.3 Å². The average molecular weight is 441 g/mol. The Hall–Kier alpha value is -1.88. The number of hydrazine groups is 1. The van der Waals surface area contributed by atoms with Crippen LogP contribution in [0.3, 0.4) is 0 Å². The third kappa shape index (κ3) is 4.39. The summed E-state index contributed by atoms with van der Waals surface area (Å²) in [6.07, 6.45) is 4.10. The Balaban J connectivity index is 0.00000231. The van der Waals surface area contributed by atoms with Gasteiger partial charge in [-0.05, 0) is 46.5 Å². The van der Waals surface area contributed by atoms with Gasteiger partial charge in [0.15, 0.2) is 5.82 Å². The fourth-order valence-electron chi connectivity index (χ4n) is 3.98. The number of hydrazone groups is 1. The van der Waals surface area contributed by atoms with Crippen molar-refractivity contribution in [3.05, 3.63) is 66.0 Å². The Morgan fingerprint density at radius 3 is 2.45 bits per heavy atom. The summed E-state index contributed by atoms with van der Waals surface area (Å²) in [5.74, 6) is 2.87. The van der Waals surface area contributed by atoms with Gasteiger partial charge in [-0.1, -0.05) is 55.5 Å². The fraction of sp³-hybridized carbons (Fsp3) is 0.273. The first-order valence-corrected chi connectivity index (χ1v) is 10.3. The van der Waals surface area contributed by atoms with Gasteiger partial charge in [0, 0.05) is 24.6 Å². The van der Waals surface area contributed by atoms with Crippen LogP contribution >= 0.6 is 0 Å². The first-order chi connectivity index (χ1) is 14.8. The molecule has 0 saturated carbocycles. The number of hydrogen-bond donors (Lipinski definition) is 2. The normalized spacial score (nSPS) is 17.3. The second-order valence-corrected chi connectivity index (χ2v) is 7.41. The number of amidine groups is 1. The Bertz CT molecular complexity index is 1090. The molecule has 3 aromatic rings. The molecular weight excluding hydrogens is 415 g/mol. The molecule has 0 aliphatic carbocycles. The summed E-state index contributed by atoms with van der Waals surface area (Å²) in [6.45, 7) is 5.24. The van der Waals surface area contributed by atoms with Crippen LogP contribution in [-0.4, -0.2) is 100 Å². The van der Waals surface area contributed by atoms with E-state index in [2.05, 4.69) is 81.2 Å². The van der Waals surface area contributed by atoms with E-state index < -0.39 is 0 Å². The van der Waals surface area contributed by atoms with Crippen molar-refractivity contribution in [1.29, 1.82) is 0 Å². The number of hydrogen-bond acceptors (Lipinski definition) is 7. The summed E-state index contributed by atoms with van der Waals surface area (Å²) in [7, 11) is 0. The van der Waals surface area contributed by atoms with Crippen LogP contribution in [-0.2, 0) is 6.42 Å². The van der Waals surface area contributed by atoms with Crippen LogP contribution in [0.25, 0.3) is 22.5 Å². The molecule has 8 nitrogen and oxygen atoms in total. The minimum absolute atomic E-state index is 0. The molecular formula is C22H25KN8. The molecule has 2 aliphatic heterocycles. The zero-order valence-corrected chi connectivity index (χ0v) is 17.1. The molecule has 3 heterocycles. The second kappa shape index (κ2) is 9.72. The molecule has 0 saturated heterocycles. The molecule has 5 rings (SSSR count). The Morgan fingerprint density at radius 2 is 1.77 bits per heavy atom. The van der Waals surface area contributed by atoms with Crippen LogP contribution in [0.2, 0.25) is 0 Å². The Labute approximate surface area is 224 Å². The van der Waals surface area contributed by atoms with Gasteiger partial charge in [0.1, 0.15) is 11.7 Å². The number of nitrogens with one attached hydrogen (secondary N) is 2. The summed E-state index contributed by atoms with van der Waals surface area (Å²) in [5.41, 5.74) is 7.86. The van der Waals surface area contributed by atoms with Crippen molar-refractivity contribution < 1.29 is 0 Å². The van der Waals surface area contributed by atoms with Gasteiger partial charge in [0.25, 0.3) is 0 Å². The molecule has 2 aliphatic rings. The molecule has 9 heteroatoms. The van der Waals surface area contributed by atoms with Gasteiger partial charge >= 0.3 is 51.4 Å². The van der Waals surface area contributed by atoms with Gasteiger partial charge in [0.2, 0.25) is 0 Å². The summed E-state index contributed by atoms with van der Waals surface area (Å²) in [6, 6.07) is 17.1. The SMILES string of the molecule is CCC1C=C2N(N=C(Cc3ccc(-c4ccccc4-c4nnn[nH]4)cc3)N2CC)N1.[KH]. The molecule has 31 heavy (non-hydrogen) atoms. The molecule has 1 aromatic heterocycles. The van der Waals surface area contributed by atoms with Gasteiger partial charge < -0.3 is 4.90 Å². The van der Waals surface area contributed by atoms with E-state index in [1.807, 2.05) is 23.3 Å². The quantitative estimate of drug-likeness (QED) is 0.573. The molecule has 1 unspecified atom stereocenters. The summed E-state index contributed by atoms with van der Waals surface area (Å²) in [4.78, 5) is 2.28. The van der Waals surface area contributed by atoms with Crippen LogP contribution in [0.4, 0.5) is 0 Å². The van der Waals surface area contributed by atoms with Crippen LogP contribution in [0, 0.1) is 0 Å². The van der Waals surface area contributed by atoms with E-state index in [0.717, 1.165) is 47.7 Å². The first-order valence-electron chi connectivity index (χ1n) is 10.3. The zero-order valence-electron chi connectivity index (χ0n) is 17.1. The maximum absolute atomic E-state index is 4.79. The van der Waals surface area contributed by atoms with Crippen molar-refractivity contribution in [2.45, 2.75) is 32.7 Å². The monoisotopic (exact) mass is 440 g/mol. The van der Waals surface area contributed by atoms with E-state index in [1.54, 1.807) is 0 Å². The number of benzene rings is 2. The third-order valence-electron chi connectivity index (χ3n) is 5.57. The number of aromatic nitrogens is 4. The second-order valence-electron chi connectivity index (χ2n) is 7.41. The number of rotatable bonds is 6. The van der Waals surface area contributed by atoms with Crippen molar-refractivity contribution in [2.75, 3.05) is 6.54 Å². The van der Waals surface area contributed by atoms with Gasteiger partial charge in [-0.3, -0.25) is 0 Å². The molecule has 0 spiro atoms. The first kappa shape index (κ1) is 22.3. The van der Waals surface area contributed by atoms with Crippen molar-refractivity contribution in [1.82, 2.24) is 36.1 Å². The van der Waals surface area contributed by atoms with E-state index in [9.17, 15) is 0 Å². The molecule has 2 N–H and O–H groups in total. The van der Waals surface area contributed by atoms with Gasteiger partial charge in [-0.2, -0.15) is 5.12 Å².